The standard InChI is InChI=1S/C27H35N5/c1-31-16-7-12-26(31)13-15-28-19-23-10-6-11-24(18-23)25-20-29-27(30-21-25)32(2)17-14-22-8-4-3-5-9-22/h3-6,8-11,18,20-21,26,28H,7,12-17,19H2,1-2H3. The first-order valence-corrected chi connectivity index (χ1v) is 11.8. The summed E-state index contributed by atoms with van der Waals surface area (Å²) in [5.41, 5.74) is 4.85. The Morgan fingerprint density at radius 1 is 1.00 bits per heavy atom. The van der Waals surface area contributed by atoms with Crippen molar-refractivity contribution in [1.82, 2.24) is 20.2 Å². The molecule has 1 atom stereocenters. The lowest BCUT2D eigenvalue weighted by Gasteiger charge is -2.19. The van der Waals surface area contributed by atoms with Gasteiger partial charge in [-0.05, 0) is 68.6 Å². The maximum atomic E-state index is 4.62. The van der Waals surface area contributed by atoms with E-state index in [1.807, 2.05) is 19.4 Å². The predicted octanol–water partition coefficient (Wildman–Crippen LogP) is 4.40. The van der Waals surface area contributed by atoms with Crippen LogP contribution in [0.2, 0.25) is 0 Å². The van der Waals surface area contributed by atoms with Crippen molar-refractivity contribution >= 4 is 5.95 Å². The molecule has 5 heteroatoms. The quantitative estimate of drug-likeness (QED) is 0.484. The van der Waals surface area contributed by atoms with Gasteiger partial charge in [-0.2, -0.15) is 0 Å². The number of benzene rings is 2. The number of likely N-dealkylation sites (N-methyl/N-ethyl adjacent to an activating group) is 1. The van der Waals surface area contributed by atoms with Crippen LogP contribution in [0.25, 0.3) is 11.1 Å². The Labute approximate surface area is 192 Å². The van der Waals surface area contributed by atoms with Crippen molar-refractivity contribution in [3.05, 3.63) is 78.1 Å². The second-order valence-corrected chi connectivity index (χ2v) is 8.87. The summed E-state index contributed by atoms with van der Waals surface area (Å²) >= 11 is 0. The van der Waals surface area contributed by atoms with Crippen molar-refractivity contribution in [2.45, 2.75) is 38.3 Å². The molecule has 5 nitrogen and oxygen atoms in total. The van der Waals surface area contributed by atoms with Crippen molar-refractivity contribution in [1.29, 1.82) is 0 Å². The fourth-order valence-corrected chi connectivity index (χ4v) is 4.42. The largest absolute Gasteiger partial charge is 0.344 e. The van der Waals surface area contributed by atoms with Gasteiger partial charge in [-0.3, -0.25) is 0 Å². The maximum Gasteiger partial charge on any atom is 0.225 e. The molecule has 0 amide bonds. The molecule has 0 radical (unpaired) electrons. The Hall–Kier alpha value is -2.76. The summed E-state index contributed by atoms with van der Waals surface area (Å²) < 4.78 is 0. The highest BCUT2D eigenvalue weighted by Crippen LogP contribution is 2.21. The van der Waals surface area contributed by atoms with E-state index in [0.29, 0.717) is 0 Å². The van der Waals surface area contributed by atoms with Gasteiger partial charge in [-0.15, -0.1) is 0 Å². The molecule has 168 valence electrons. The van der Waals surface area contributed by atoms with Gasteiger partial charge in [-0.25, -0.2) is 9.97 Å². The Balaban J connectivity index is 1.28. The molecule has 1 fully saturated rings. The zero-order chi connectivity index (χ0) is 22.2. The fourth-order valence-electron chi connectivity index (χ4n) is 4.42. The smallest absolute Gasteiger partial charge is 0.225 e. The zero-order valence-corrected chi connectivity index (χ0v) is 19.4. The summed E-state index contributed by atoms with van der Waals surface area (Å²) in [5.74, 6) is 0.763. The molecule has 1 aromatic heterocycles. The van der Waals surface area contributed by atoms with Crippen LogP contribution in [-0.2, 0) is 13.0 Å². The number of nitrogens with one attached hydrogen (secondary N) is 1. The molecule has 1 saturated heterocycles. The molecule has 0 saturated carbocycles. The fraction of sp³-hybridized carbons (Fsp3) is 0.407. The van der Waals surface area contributed by atoms with Gasteiger partial charge in [0.1, 0.15) is 0 Å². The second kappa shape index (κ2) is 11.2. The normalized spacial score (nSPS) is 16.4. The zero-order valence-electron chi connectivity index (χ0n) is 19.4. The molecular weight excluding hydrogens is 394 g/mol. The molecule has 4 rings (SSSR count). The number of hydrogen-bond acceptors (Lipinski definition) is 5. The molecule has 2 heterocycles. The highest BCUT2D eigenvalue weighted by molar-refractivity contribution is 5.62. The van der Waals surface area contributed by atoms with E-state index >= 15 is 0 Å². The summed E-state index contributed by atoms with van der Waals surface area (Å²) in [6.45, 7) is 4.09. The third-order valence-corrected chi connectivity index (χ3v) is 6.47. The van der Waals surface area contributed by atoms with Gasteiger partial charge >= 0.3 is 0 Å². The first-order chi connectivity index (χ1) is 15.7. The van der Waals surface area contributed by atoms with E-state index in [-0.39, 0.29) is 0 Å². The summed E-state index contributed by atoms with van der Waals surface area (Å²) in [6.07, 6.45) is 8.75. The van der Waals surface area contributed by atoms with Crippen molar-refractivity contribution < 1.29 is 0 Å². The van der Waals surface area contributed by atoms with E-state index in [9.17, 15) is 0 Å². The lowest BCUT2D eigenvalue weighted by molar-refractivity contribution is 0.293. The third-order valence-electron chi connectivity index (χ3n) is 6.47. The topological polar surface area (TPSA) is 44.3 Å². The molecule has 1 unspecified atom stereocenters. The molecule has 1 aliphatic rings. The SMILES string of the molecule is CN(CCc1ccccc1)c1ncc(-c2cccc(CNCCC3CCCN3C)c2)cn1. The first kappa shape index (κ1) is 22.4. The van der Waals surface area contributed by atoms with Gasteiger partial charge in [0.2, 0.25) is 5.95 Å². The van der Waals surface area contributed by atoms with Crippen LogP contribution in [0.5, 0.6) is 0 Å². The Kier molecular flexibility index (Phi) is 7.86. The van der Waals surface area contributed by atoms with E-state index < -0.39 is 0 Å². The van der Waals surface area contributed by atoms with E-state index in [1.54, 1.807) is 0 Å². The van der Waals surface area contributed by atoms with Crippen LogP contribution in [0.4, 0.5) is 5.95 Å². The Bertz CT molecular complexity index is 957. The van der Waals surface area contributed by atoms with E-state index in [4.69, 9.17) is 0 Å². The minimum Gasteiger partial charge on any atom is -0.344 e. The number of likely N-dealkylation sites (tertiary alicyclic amines) is 1. The minimum absolute atomic E-state index is 0.746. The van der Waals surface area contributed by atoms with Crippen LogP contribution in [0.3, 0.4) is 0 Å². The monoisotopic (exact) mass is 429 g/mol. The summed E-state index contributed by atoms with van der Waals surface area (Å²) in [7, 11) is 4.29. The Morgan fingerprint density at radius 2 is 1.78 bits per heavy atom. The molecule has 2 aromatic carbocycles. The maximum absolute atomic E-state index is 4.62. The highest BCUT2D eigenvalue weighted by Gasteiger charge is 2.19. The van der Waals surface area contributed by atoms with E-state index in [0.717, 1.165) is 43.6 Å². The highest BCUT2D eigenvalue weighted by atomic mass is 15.2. The average Bonchev–Trinajstić information content (AvgIpc) is 3.26. The molecular formula is C27H35N5. The van der Waals surface area contributed by atoms with Crippen LogP contribution in [0.15, 0.2) is 67.0 Å². The number of anilines is 1. The summed E-state index contributed by atoms with van der Waals surface area (Å²) in [4.78, 5) is 13.8. The predicted molar refractivity (Wildman–Crippen MR) is 133 cm³/mol. The van der Waals surface area contributed by atoms with Crippen LogP contribution in [0.1, 0.15) is 30.4 Å². The van der Waals surface area contributed by atoms with Gasteiger partial charge in [0, 0.05) is 44.1 Å². The van der Waals surface area contributed by atoms with Crippen LogP contribution >= 0.6 is 0 Å². The van der Waals surface area contributed by atoms with Crippen LogP contribution in [0, 0.1) is 0 Å². The van der Waals surface area contributed by atoms with Crippen molar-refractivity contribution in [3.63, 3.8) is 0 Å². The van der Waals surface area contributed by atoms with Gasteiger partial charge in [0.25, 0.3) is 0 Å². The van der Waals surface area contributed by atoms with Crippen LogP contribution in [-0.4, -0.2) is 54.6 Å². The number of aromatic nitrogens is 2. The molecule has 0 spiro atoms. The number of hydrogen-bond donors (Lipinski definition) is 1. The third kappa shape index (κ3) is 6.15. The number of rotatable bonds is 10. The number of nitrogens with zero attached hydrogens (tertiary/aromatic N) is 4. The molecule has 32 heavy (non-hydrogen) atoms. The average molecular weight is 430 g/mol. The van der Waals surface area contributed by atoms with Gasteiger partial charge in [0.15, 0.2) is 0 Å². The first-order valence-electron chi connectivity index (χ1n) is 11.8. The lowest BCUT2D eigenvalue weighted by Crippen LogP contribution is -2.28. The van der Waals surface area contributed by atoms with Crippen LogP contribution < -0.4 is 10.2 Å². The van der Waals surface area contributed by atoms with E-state index in [2.05, 4.69) is 86.7 Å². The Morgan fingerprint density at radius 3 is 2.53 bits per heavy atom. The summed E-state index contributed by atoms with van der Waals surface area (Å²) in [6, 6.07) is 20.0. The van der Waals surface area contributed by atoms with E-state index in [1.165, 1.54) is 42.5 Å². The minimum atomic E-state index is 0.746. The van der Waals surface area contributed by atoms with Gasteiger partial charge < -0.3 is 15.1 Å². The van der Waals surface area contributed by atoms with Crippen molar-refractivity contribution in [2.24, 2.45) is 0 Å². The van der Waals surface area contributed by atoms with Gasteiger partial charge in [0.05, 0.1) is 0 Å². The molecule has 0 bridgehead atoms. The lowest BCUT2D eigenvalue weighted by atomic mass is 10.1. The molecule has 3 aromatic rings. The summed E-state index contributed by atoms with van der Waals surface area (Å²) in [5, 5.41) is 3.61. The van der Waals surface area contributed by atoms with Crippen molar-refractivity contribution in [2.75, 3.05) is 38.6 Å². The molecule has 1 aliphatic heterocycles. The second-order valence-electron chi connectivity index (χ2n) is 8.87. The molecule has 0 aliphatic carbocycles. The van der Waals surface area contributed by atoms with Gasteiger partial charge in [-0.1, -0.05) is 48.5 Å². The molecule has 1 N–H and O–H groups in total. The van der Waals surface area contributed by atoms with Crippen molar-refractivity contribution in [3.8, 4) is 11.1 Å².